The Kier molecular flexibility index (Phi) is 3.65. The fourth-order valence-electron chi connectivity index (χ4n) is 3.97. The van der Waals surface area contributed by atoms with Crippen molar-refractivity contribution in [1.29, 1.82) is 5.41 Å². The Hall–Kier alpha value is -2.73. The van der Waals surface area contributed by atoms with E-state index in [1.807, 2.05) is 25.2 Å². The van der Waals surface area contributed by atoms with Gasteiger partial charge in [-0.2, -0.15) is 0 Å². The van der Waals surface area contributed by atoms with Gasteiger partial charge in [0.05, 0.1) is 5.47 Å². The maximum absolute atomic E-state index is 8.47. The fraction of sp³-hybridized carbons (Fsp3) is 0.227. The molecule has 0 saturated heterocycles. The highest BCUT2D eigenvalue weighted by Gasteiger charge is 2.44. The number of thiophene rings is 1. The summed E-state index contributed by atoms with van der Waals surface area (Å²) < 4.78 is 14.4. The summed E-state index contributed by atoms with van der Waals surface area (Å²) in [6.07, 6.45) is 0. The number of ether oxygens (including phenoxy) is 2. The van der Waals surface area contributed by atoms with Crippen LogP contribution in [0.1, 0.15) is 26.3 Å². The largest absolute Gasteiger partial charge is 0.441 e. The second kappa shape index (κ2) is 5.88. The zero-order valence-electron chi connectivity index (χ0n) is 16.3. The van der Waals surface area contributed by atoms with E-state index in [0.29, 0.717) is 5.88 Å². The first-order chi connectivity index (χ1) is 13.4. The van der Waals surface area contributed by atoms with Gasteiger partial charge in [0, 0.05) is 21.9 Å². The molecule has 0 aliphatic carbocycles. The Labute approximate surface area is 168 Å². The van der Waals surface area contributed by atoms with E-state index in [2.05, 4.69) is 50.4 Å². The summed E-state index contributed by atoms with van der Waals surface area (Å²) in [5.74, 6) is 2.38. The second-order valence-corrected chi connectivity index (χ2v) is 9.34. The zero-order valence-corrected chi connectivity index (χ0v) is 17.2. The molecule has 0 fully saturated rings. The van der Waals surface area contributed by atoms with Gasteiger partial charge in [0.15, 0.2) is 5.88 Å². The van der Waals surface area contributed by atoms with Gasteiger partial charge >= 0.3 is 0 Å². The van der Waals surface area contributed by atoms with Crippen LogP contribution in [0.4, 0.5) is 0 Å². The highest BCUT2D eigenvalue weighted by atomic mass is 32.1. The molecular weight excluding hydrogens is 367 g/mol. The summed E-state index contributed by atoms with van der Waals surface area (Å²) in [5.41, 5.74) is 3.19. The standard InChI is InChI=1S/C22H21BN2O2S/c1-22(2,3)12-9-10-16-13(11-12)18-19(28-16)23-14-7-5-6-8-15(14)26-20(24)17(23)21(25-4)27-18/h5-11,24-25H,1-4H3. The van der Waals surface area contributed by atoms with Gasteiger partial charge in [0.25, 0.3) is 6.71 Å². The summed E-state index contributed by atoms with van der Waals surface area (Å²) in [5, 5.41) is 12.8. The van der Waals surface area contributed by atoms with Gasteiger partial charge in [-0.05, 0) is 34.6 Å². The quantitative estimate of drug-likeness (QED) is 0.627. The van der Waals surface area contributed by atoms with E-state index in [1.54, 1.807) is 11.3 Å². The minimum atomic E-state index is -0.0564. The van der Waals surface area contributed by atoms with Crippen molar-refractivity contribution in [3.05, 3.63) is 59.4 Å². The lowest BCUT2D eigenvalue weighted by Crippen LogP contribution is -2.54. The number of para-hydroxylation sites is 1. The number of fused-ring (bicyclic) bond motifs is 7. The molecular formula is C22H21BN2O2S. The Balaban J connectivity index is 1.80. The minimum absolute atomic E-state index is 0.0564. The average molecular weight is 388 g/mol. The summed E-state index contributed by atoms with van der Waals surface area (Å²) >= 11 is 1.74. The molecule has 2 aliphatic rings. The molecule has 6 heteroatoms. The molecule has 140 valence electrons. The third kappa shape index (κ3) is 2.41. The lowest BCUT2D eigenvalue weighted by atomic mass is 9.37. The van der Waals surface area contributed by atoms with Gasteiger partial charge in [0.1, 0.15) is 11.5 Å². The van der Waals surface area contributed by atoms with Gasteiger partial charge < -0.3 is 14.8 Å². The van der Waals surface area contributed by atoms with Crippen LogP contribution in [0.15, 0.2) is 53.8 Å². The van der Waals surface area contributed by atoms with Gasteiger partial charge in [-0.1, -0.05) is 45.0 Å². The van der Waals surface area contributed by atoms with Crippen LogP contribution < -0.4 is 25.0 Å². The highest BCUT2D eigenvalue weighted by Crippen LogP contribution is 2.39. The molecule has 0 atom stereocenters. The van der Waals surface area contributed by atoms with Gasteiger partial charge in [-0.15, -0.1) is 11.3 Å². The summed E-state index contributed by atoms with van der Waals surface area (Å²) in [6, 6.07) is 14.6. The maximum Gasteiger partial charge on any atom is 0.277 e. The van der Waals surface area contributed by atoms with Crippen molar-refractivity contribution in [1.82, 2.24) is 5.32 Å². The van der Waals surface area contributed by atoms with Crippen LogP contribution in [0.25, 0.3) is 10.1 Å². The SMILES string of the molecule is CNC1=C2B(c3ccccc3OC2=N)c2sc3ccc(C(C)(C)C)cc3c2O1. The van der Waals surface area contributed by atoms with E-state index in [1.165, 1.54) is 10.3 Å². The first kappa shape index (κ1) is 17.4. The smallest absolute Gasteiger partial charge is 0.277 e. The van der Waals surface area contributed by atoms with Crippen LogP contribution in [-0.2, 0) is 5.41 Å². The minimum Gasteiger partial charge on any atom is -0.441 e. The number of nitrogens with one attached hydrogen (secondary N) is 2. The molecule has 3 heterocycles. The molecule has 28 heavy (non-hydrogen) atoms. The summed E-state index contributed by atoms with van der Waals surface area (Å²) in [7, 11) is 1.83. The number of hydrogen-bond donors (Lipinski definition) is 2. The molecule has 2 aromatic carbocycles. The van der Waals surface area contributed by atoms with E-state index in [0.717, 1.165) is 32.6 Å². The predicted molar refractivity (Wildman–Crippen MR) is 117 cm³/mol. The van der Waals surface area contributed by atoms with E-state index in [-0.39, 0.29) is 18.0 Å². The molecule has 5 rings (SSSR count). The molecule has 3 aromatic rings. The first-order valence-electron chi connectivity index (χ1n) is 9.41. The highest BCUT2D eigenvalue weighted by molar-refractivity contribution is 7.32. The third-order valence-electron chi connectivity index (χ3n) is 5.45. The van der Waals surface area contributed by atoms with E-state index < -0.39 is 0 Å². The van der Waals surface area contributed by atoms with Crippen molar-refractivity contribution >= 4 is 44.3 Å². The molecule has 2 aliphatic heterocycles. The van der Waals surface area contributed by atoms with Crippen LogP contribution in [0.2, 0.25) is 0 Å². The van der Waals surface area contributed by atoms with Gasteiger partial charge in [-0.3, -0.25) is 5.41 Å². The summed E-state index contributed by atoms with van der Waals surface area (Å²) in [6.45, 7) is 6.61. The summed E-state index contributed by atoms with van der Waals surface area (Å²) in [4.78, 5) is 0. The Morgan fingerprint density at radius 1 is 1.07 bits per heavy atom. The lowest BCUT2D eigenvalue weighted by Gasteiger charge is -2.31. The molecule has 0 radical (unpaired) electrons. The first-order valence-corrected chi connectivity index (χ1v) is 10.2. The number of rotatable bonds is 1. The zero-order chi connectivity index (χ0) is 19.6. The maximum atomic E-state index is 8.47. The van der Waals surface area contributed by atoms with Gasteiger partial charge in [0.2, 0.25) is 5.90 Å². The van der Waals surface area contributed by atoms with Crippen molar-refractivity contribution in [3.8, 4) is 11.5 Å². The normalized spacial score (nSPS) is 15.6. The third-order valence-corrected chi connectivity index (χ3v) is 6.66. The Bertz CT molecular complexity index is 1170. The second-order valence-electron chi connectivity index (χ2n) is 8.25. The van der Waals surface area contributed by atoms with Crippen LogP contribution in [0.3, 0.4) is 0 Å². The number of hydrogen-bond acceptors (Lipinski definition) is 5. The van der Waals surface area contributed by atoms with Crippen molar-refractivity contribution in [2.75, 3.05) is 7.05 Å². The van der Waals surface area contributed by atoms with Crippen LogP contribution in [-0.4, -0.2) is 19.7 Å². The molecule has 0 unspecified atom stereocenters. The van der Waals surface area contributed by atoms with Crippen molar-refractivity contribution < 1.29 is 9.47 Å². The van der Waals surface area contributed by atoms with Crippen LogP contribution >= 0.6 is 11.3 Å². The average Bonchev–Trinajstić information content (AvgIpc) is 3.04. The topological polar surface area (TPSA) is 54.3 Å². The molecule has 0 bridgehead atoms. The molecule has 4 nitrogen and oxygen atoms in total. The Morgan fingerprint density at radius 3 is 2.61 bits per heavy atom. The van der Waals surface area contributed by atoms with Crippen molar-refractivity contribution in [2.24, 2.45) is 0 Å². The van der Waals surface area contributed by atoms with Gasteiger partial charge in [-0.25, -0.2) is 0 Å². The molecule has 0 saturated carbocycles. The number of benzene rings is 2. The van der Waals surface area contributed by atoms with E-state index in [4.69, 9.17) is 14.9 Å². The van der Waals surface area contributed by atoms with E-state index >= 15 is 0 Å². The predicted octanol–water partition coefficient (Wildman–Crippen LogP) is 3.54. The van der Waals surface area contributed by atoms with E-state index in [9.17, 15) is 0 Å². The fourth-order valence-corrected chi connectivity index (χ4v) is 5.21. The van der Waals surface area contributed by atoms with Crippen molar-refractivity contribution in [3.63, 3.8) is 0 Å². The van der Waals surface area contributed by atoms with Crippen LogP contribution in [0, 0.1) is 5.41 Å². The Morgan fingerprint density at radius 2 is 1.86 bits per heavy atom. The molecule has 2 N–H and O–H groups in total. The molecule has 0 spiro atoms. The monoisotopic (exact) mass is 388 g/mol. The molecule has 0 amide bonds. The molecule has 1 aromatic heterocycles. The van der Waals surface area contributed by atoms with Crippen molar-refractivity contribution in [2.45, 2.75) is 26.2 Å². The lowest BCUT2D eigenvalue weighted by molar-refractivity contribution is 0.393. The van der Waals surface area contributed by atoms with Crippen LogP contribution in [0.5, 0.6) is 11.5 Å².